The van der Waals surface area contributed by atoms with Crippen molar-refractivity contribution in [3.05, 3.63) is 58.5 Å². The minimum Gasteiger partial charge on any atom is -0.450 e. The first kappa shape index (κ1) is 18.8. The minimum absolute atomic E-state index is 0.127. The average Bonchev–Trinajstić information content (AvgIpc) is 3.23. The van der Waals surface area contributed by atoms with Crippen LogP contribution in [-0.4, -0.2) is 25.5 Å². The fourth-order valence-corrected chi connectivity index (χ4v) is 3.31. The zero-order valence-electron chi connectivity index (χ0n) is 13.8. The molecular formula is C18H18ClF3N2O2. The largest absolute Gasteiger partial charge is 0.450 e. The second kappa shape index (κ2) is 7.72. The Balaban J connectivity index is 1.59. The fraction of sp³-hybridized carbons (Fsp3) is 0.389. The number of rotatable bonds is 5. The highest BCUT2D eigenvalue weighted by molar-refractivity contribution is 6.28. The topological polar surface area (TPSA) is 54.3 Å². The van der Waals surface area contributed by atoms with Crippen molar-refractivity contribution in [3.8, 4) is 0 Å². The molecule has 4 nitrogen and oxygen atoms in total. The van der Waals surface area contributed by atoms with E-state index in [4.69, 9.17) is 16.0 Å². The van der Waals surface area contributed by atoms with Gasteiger partial charge in [-0.3, -0.25) is 4.79 Å². The van der Waals surface area contributed by atoms with Gasteiger partial charge in [-0.15, -0.1) is 0 Å². The van der Waals surface area contributed by atoms with E-state index in [0.29, 0.717) is 37.0 Å². The normalized spacial score (nSPS) is 20.3. The third kappa shape index (κ3) is 4.40. The SMILES string of the molecule is O=C(NCCc1ccc(Cl)o1)[C@@H]1CNC[C@H]1c1ccc(C(F)(F)F)cc1. The molecule has 1 aliphatic rings. The Labute approximate surface area is 153 Å². The first-order chi connectivity index (χ1) is 12.3. The summed E-state index contributed by atoms with van der Waals surface area (Å²) in [5.41, 5.74) is 0.0336. The van der Waals surface area contributed by atoms with E-state index in [9.17, 15) is 18.0 Å². The van der Waals surface area contributed by atoms with Gasteiger partial charge >= 0.3 is 6.18 Å². The van der Waals surface area contributed by atoms with Crippen LogP contribution in [-0.2, 0) is 17.4 Å². The van der Waals surface area contributed by atoms with Gasteiger partial charge in [0.05, 0.1) is 11.5 Å². The van der Waals surface area contributed by atoms with Crippen LogP contribution in [0.15, 0.2) is 40.8 Å². The molecule has 0 spiro atoms. The number of benzene rings is 1. The maximum Gasteiger partial charge on any atom is 0.416 e. The molecule has 2 heterocycles. The van der Waals surface area contributed by atoms with Crippen molar-refractivity contribution in [1.29, 1.82) is 0 Å². The van der Waals surface area contributed by atoms with E-state index in [0.717, 1.165) is 17.7 Å². The lowest BCUT2D eigenvalue weighted by Crippen LogP contribution is -2.35. The molecule has 0 aliphatic carbocycles. The second-order valence-corrected chi connectivity index (χ2v) is 6.61. The van der Waals surface area contributed by atoms with Crippen LogP contribution in [0.4, 0.5) is 13.2 Å². The molecule has 26 heavy (non-hydrogen) atoms. The third-order valence-corrected chi connectivity index (χ3v) is 4.72. The standard InChI is InChI=1S/C18H18ClF3N2O2/c19-16-6-5-13(26-16)7-8-24-17(25)15-10-23-9-14(15)11-1-3-12(4-2-11)18(20,21)22/h1-6,14-15,23H,7-10H2,(H,24,25)/t14-,15+/m0/s1. The highest BCUT2D eigenvalue weighted by Gasteiger charge is 2.35. The number of nitrogens with one attached hydrogen (secondary N) is 2. The quantitative estimate of drug-likeness (QED) is 0.825. The van der Waals surface area contributed by atoms with E-state index in [1.165, 1.54) is 12.1 Å². The molecule has 1 saturated heterocycles. The molecule has 0 unspecified atom stereocenters. The van der Waals surface area contributed by atoms with Crippen molar-refractivity contribution < 1.29 is 22.4 Å². The molecule has 2 aromatic rings. The predicted molar refractivity (Wildman–Crippen MR) is 91.0 cm³/mol. The Hall–Kier alpha value is -1.99. The van der Waals surface area contributed by atoms with Gasteiger partial charge in [-0.1, -0.05) is 12.1 Å². The van der Waals surface area contributed by atoms with Gasteiger partial charge in [0.1, 0.15) is 5.76 Å². The summed E-state index contributed by atoms with van der Waals surface area (Å²) in [6.45, 7) is 1.44. The number of hydrogen-bond acceptors (Lipinski definition) is 3. The molecule has 1 aromatic heterocycles. The van der Waals surface area contributed by atoms with Crippen LogP contribution >= 0.6 is 11.6 Å². The second-order valence-electron chi connectivity index (χ2n) is 6.24. The summed E-state index contributed by atoms with van der Waals surface area (Å²) in [5.74, 6) is 0.0685. The fourth-order valence-electron chi connectivity index (χ4n) is 3.15. The number of furan rings is 1. The summed E-state index contributed by atoms with van der Waals surface area (Å²) in [5, 5.41) is 6.29. The lowest BCUT2D eigenvalue weighted by molar-refractivity contribution is -0.137. The van der Waals surface area contributed by atoms with E-state index in [1.807, 2.05) is 0 Å². The molecule has 1 aromatic carbocycles. The molecule has 1 aliphatic heterocycles. The monoisotopic (exact) mass is 386 g/mol. The Bertz CT molecular complexity index is 759. The van der Waals surface area contributed by atoms with Gasteiger partial charge in [-0.05, 0) is 41.4 Å². The summed E-state index contributed by atoms with van der Waals surface area (Å²) < 4.78 is 43.3. The maximum absolute atomic E-state index is 12.7. The van der Waals surface area contributed by atoms with Gasteiger partial charge < -0.3 is 15.1 Å². The van der Waals surface area contributed by atoms with Gasteiger partial charge in [0, 0.05) is 32.0 Å². The van der Waals surface area contributed by atoms with E-state index >= 15 is 0 Å². The van der Waals surface area contributed by atoms with E-state index in [2.05, 4.69) is 10.6 Å². The predicted octanol–water partition coefficient (Wildman–Crippen LogP) is 3.61. The lowest BCUT2D eigenvalue weighted by Gasteiger charge is -2.19. The number of hydrogen-bond donors (Lipinski definition) is 2. The first-order valence-corrected chi connectivity index (χ1v) is 8.62. The van der Waals surface area contributed by atoms with Crippen molar-refractivity contribution >= 4 is 17.5 Å². The summed E-state index contributed by atoms with van der Waals surface area (Å²) in [6.07, 6.45) is -3.85. The maximum atomic E-state index is 12.7. The van der Waals surface area contributed by atoms with Gasteiger partial charge in [0.2, 0.25) is 5.91 Å². The van der Waals surface area contributed by atoms with Crippen molar-refractivity contribution in [2.24, 2.45) is 5.92 Å². The van der Waals surface area contributed by atoms with E-state index in [-0.39, 0.29) is 17.7 Å². The molecule has 8 heteroatoms. The number of carbonyl (C=O) groups is 1. The van der Waals surface area contributed by atoms with Gasteiger partial charge in [0.25, 0.3) is 0 Å². The van der Waals surface area contributed by atoms with Crippen molar-refractivity contribution in [2.75, 3.05) is 19.6 Å². The molecule has 2 N–H and O–H groups in total. The van der Waals surface area contributed by atoms with Gasteiger partial charge in [0.15, 0.2) is 5.22 Å². The summed E-state index contributed by atoms with van der Waals surface area (Å²) >= 11 is 5.70. The smallest absolute Gasteiger partial charge is 0.416 e. The summed E-state index contributed by atoms with van der Waals surface area (Å²) in [4.78, 5) is 12.5. The number of carbonyl (C=O) groups excluding carboxylic acids is 1. The molecular weight excluding hydrogens is 369 g/mol. The van der Waals surface area contributed by atoms with Crippen LogP contribution in [0.25, 0.3) is 0 Å². The van der Waals surface area contributed by atoms with Gasteiger partial charge in [-0.2, -0.15) is 13.2 Å². The van der Waals surface area contributed by atoms with Crippen molar-refractivity contribution in [2.45, 2.75) is 18.5 Å². The number of amides is 1. The highest BCUT2D eigenvalue weighted by Crippen LogP contribution is 2.33. The van der Waals surface area contributed by atoms with E-state index in [1.54, 1.807) is 12.1 Å². The average molecular weight is 387 g/mol. The van der Waals surface area contributed by atoms with Crippen molar-refractivity contribution in [3.63, 3.8) is 0 Å². The Morgan fingerprint density at radius 3 is 2.54 bits per heavy atom. The summed E-state index contributed by atoms with van der Waals surface area (Å²) in [6, 6.07) is 8.40. The van der Waals surface area contributed by atoms with Crippen LogP contribution in [0.2, 0.25) is 5.22 Å². The summed E-state index contributed by atoms with van der Waals surface area (Å²) in [7, 11) is 0. The van der Waals surface area contributed by atoms with Crippen molar-refractivity contribution in [1.82, 2.24) is 10.6 Å². The molecule has 3 rings (SSSR count). The zero-order valence-corrected chi connectivity index (χ0v) is 14.5. The molecule has 0 saturated carbocycles. The van der Waals surface area contributed by atoms with Crippen LogP contribution < -0.4 is 10.6 Å². The van der Waals surface area contributed by atoms with Gasteiger partial charge in [-0.25, -0.2) is 0 Å². The molecule has 0 bridgehead atoms. The van der Waals surface area contributed by atoms with Crippen LogP contribution in [0.1, 0.15) is 22.8 Å². The molecule has 140 valence electrons. The number of alkyl halides is 3. The highest BCUT2D eigenvalue weighted by atomic mass is 35.5. The molecule has 2 atom stereocenters. The third-order valence-electron chi connectivity index (χ3n) is 4.52. The Morgan fingerprint density at radius 2 is 1.92 bits per heavy atom. The Morgan fingerprint density at radius 1 is 1.19 bits per heavy atom. The van der Waals surface area contributed by atoms with Crippen LogP contribution in [0.3, 0.4) is 0 Å². The Kier molecular flexibility index (Phi) is 5.58. The first-order valence-electron chi connectivity index (χ1n) is 8.24. The van der Waals surface area contributed by atoms with Crippen LogP contribution in [0, 0.1) is 5.92 Å². The zero-order chi connectivity index (χ0) is 18.7. The lowest BCUT2D eigenvalue weighted by atomic mass is 9.88. The number of halogens is 4. The van der Waals surface area contributed by atoms with E-state index < -0.39 is 11.7 Å². The minimum atomic E-state index is -4.36. The van der Waals surface area contributed by atoms with Crippen LogP contribution in [0.5, 0.6) is 0 Å². The molecule has 1 fully saturated rings. The molecule has 1 amide bonds. The molecule has 0 radical (unpaired) electrons.